The lowest BCUT2D eigenvalue weighted by Crippen LogP contribution is -2.22. The molecule has 0 saturated carbocycles. The van der Waals surface area contributed by atoms with E-state index in [0.29, 0.717) is 0 Å². The second-order valence-corrected chi connectivity index (χ2v) is 7.43. The Labute approximate surface area is 84.6 Å². The molecule has 1 saturated heterocycles. The van der Waals surface area contributed by atoms with Crippen LogP contribution in [0.15, 0.2) is 0 Å². The van der Waals surface area contributed by atoms with Crippen molar-refractivity contribution in [3.63, 3.8) is 0 Å². The molecule has 2 unspecified atom stereocenters. The molecule has 0 aliphatic carbocycles. The lowest BCUT2D eigenvalue weighted by molar-refractivity contribution is 0.0221. The maximum Gasteiger partial charge on any atom is 0.183 e. The first-order valence-electron chi connectivity index (χ1n) is 4.56. The Hall–Kier alpha value is 0.530. The molecule has 0 aromatic heterocycles. The third kappa shape index (κ3) is 3.64. The number of hydrogen-bond acceptors (Lipinski definition) is 3. The Kier molecular flexibility index (Phi) is 3.90. The highest BCUT2D eigenvalue weighted by molar-refractivity contribution is 8.09. The van der Waals surface area contributed by atoms with E-state index in [1.165, 1.54) is 0 Å². The van der Waals surface area contributed by atoms with Crippen molar-refractivity contribution in [3.8, 4) is 0 Å². The summed E-state index contributed by atoms with van der Waals surface area (Å²) in [6.07, 6.45) is 2.05. The summed E-state index contributed by atoms with van der Waals surface area (Å²) in [4.78, 5) is 9.43. The molecule has 1 aliphatic heterocycles. The van der Waals surface area contributed by atoms with Crippen LogP contribution < -0.4 is 0 Å². The zero-order valence-corrected chi connectivity index (χ0v) is 9.98. The van der Waals surface area contributed by atoms with E-state index in [9.17, 15) is 4.89 Å². The molecule has 1 aliphatic rings. The summed E-state index contributed by atoms with van der Waals surface area (Å²) >= 11 is 4.85. The normalized spacial score (nSPS) is 38.9. The molecule has 13 heavy (non-hydrogen) atoms. The SMILES string of the molecule is CC[C@H]1O[C@@H](C)CC1OP(C)(O)=S. The topological polar surface area (TPSA) is 38.7 Å². The van der Waals surface area contributed by atoms with Gasteiger partial charge in [0.2, 0.25) is 0 Å². The molecule has 3 nitrogen and oxygen atoms in total. The predicted octanol–water partition coefficient (Wildman–Crippen LogP) is 1.89. The largest absolute Gasteiger partial charge is 0.372 e. The van der Waals surface area contributed by atoms with Gasteiger partial charge in [-0.25, -0.2) is 0 Å². The van der Waals surface area contributed by atoms with Crippen molar-refractivity contribution in [2.45, 2.75) is 45.0 Å². The molecule has 1 heterocycles. The van der Waals surface area contributed by atoms with Crippen LogP contribution in [0.3, 0.4) is 0 Å². The second kappa shape index (κ2) is 4.37. The van der Waals surface area contributed by atoms with Crippen LogP contribution in [0.25, 0.3) is 0 Å². The summed E-state index contributed by atoms with van der Waals surface area (Å²) in [6, 6.07) is 0. The summed E-state index contributed by atoms with van der Waals surface area (Å²) in [7, 11) is 0. The maximum absolute atomic E-state index is 9.43. The molecule has 0 aromatic carbocycles. The van der Waals surface area contributed by atoms with Crippen molar-refractivity contribution in [2.24, 2.45) is 0 Å². The van der Waals surface area contributed by atoms with E-state index in [4.69, 9.17) is 21.1 Å². The Morgan fingerprint density at radius 2 is 2.31 bits per heavy atom. The van der Waals surface area contributed by atoms with E-state index in [1.54, 1.807) is 6.66 Å². The molecule has 78 valence electrons. The summed E-state index contributed by atoms with van der Waals surface area (Å²) in [5.74, 6) is 0. The van der Waals surface area contributed by atoms with E-state index >= 15 is 0 Å². The number of hydrogen-bond donors (Lipinski definition) is 1. The first-order valence-corrected chi connectivity index (χ1v) is 7.68. The van der Waals surface area contributed by atoms with Gasteiger partial charge in [0.1, 0.15) is 0 Å². The van der Waals surface area contributed by atoms with Crippen molar-refractivity contribution in [2.75, 3.05) is 6.66 Å². The third-order valence-corrected chi connectivity index (χ3v) is 3.04. The van der Waals surface area contributed by atoms with Gasteiger partial charge in [0, 0.05) is 13.1 Å². The summed E-state index contributed by atoms with van der Waals surface area (Å²) < 4.78 is 11.0. The Morgan fingerprint density at radius 3 is 2.77 bits per heavy atom. The van der Waals surface area contributed by atoms with Crippen molar-refractivity contribution in [1.29, 1.82) is 0 Å². The van der Waals surface area contributed by atoms with Gasteiger partial charge >= 0.3 is 0 Å². The van der Waals surface area contributed by atoms with Gasteiger partial charge in [0.25, 0.3) is 0 Å². The van der Waals surface area contributed by atoms with Crippen molar-refractivity contribution < 1.29 is 14.2 Å². The molecule has 4 atom stereocenters. The summed E-state index contributed by atoms with van der Waals surface area (Å²) in [5, 5.41) is 0. The molecule has 1 N–H and O–H groups in total. The monoisotopic (exact) mass is 224 g/mol. The van der Waals surface area contributed by atoms with Crippen LogP contribution in [0.4, 0.5) is 0 Å². The highest BCUT2D eigenvalue weighted by atomic mass is 32.5. The van der Waals surface area contributed by atoms with Gasteiger partial charge in [-0.15, -0.1) is 0 Å². The smallest absolute Gasteiger partial charge is 0.183 e. The molecule has 0 aromatic rings. The average molecular weight is 224 g/mol. The van der Waals surface area contributed by atoms with Gasteiger partial charge in [-0.3, -0.25) is 0 Å². The first-order chi connectivity index (χ1) is 5.92. The summed E-state index contributed by atoms with van der Waals surface area (Å²) in [6.45, 7) is 3.11. The molecule has 0 spiro atoms. The Balaban J connectivity index is 2.54. The van der Waals surface area contributed by atoms with Gasteiger partial charge in [-0.05, 0) is 25.2 Å². The van der Waals surface area contributed by atoms with E-state index < -0.39 is 6.49 Å². The van der Waals surface area contributed by atoms with E-state index in [1.807, 2.05) is 6.92 Å². The fraction of sp³-hybridized carbons (Fsp3) is 1.00. The lowest BCUT2D eigenvalue weighted by atomic mass is 10.1. The maximum atomic E-state index is 9.43. The van der Waals surface area contributed by atoms with E-state index in [2.05, 4.69) is 6.92 Å². The second-order valence-electron chi connectivity index (χ2n) is 3.58. The van der Waals surface area contributed by atoms with Gasteiger partial charge < -0.3 is 14.2 Å². The predicted molar refractivity (Wildman–Crippen MR) is 56.5 cm³/mol. The lowest BCUT2D eigenvalue weighted by Gasteiger charge is -2.20. The summed E-state index contributed by atoms with van der Waals surface area (Å²) in [5.41, 5.74) is 0. The number of rotatable bonds is 3. The zero-order valence-electron chi connectivity index (χ0n) is 8.27. The molecular weight excluding hydrogens is 207 g/mol. The molecule has 0 amide bonds. The van der Waals surface area contributed by atoms with Crippen LogP contribution in [0.2, 0.25) is 0 Å². The van der Waals surface area contributed by atoms with E-state index in [-0.39, 0.29) is 18.3 Å². The van der Waals surface area contributed by atoms with Gasteiger partial charge in [0.15, 0.2) is 6.49 Å². The van der Waals surface area contributed by atoms with Crippen LogP contribution in [-0.2, 0) is 21.1 Å². The minimum Gasteiger partial charge on any atom is -0.372 e. The highest BCUT2D eigenvalue weighted by Gasteiger charge is 2.34. The quantitative estimate of drug-likeness (QED) is 0.743. The van der Waals surface area contributed by atoms with Crippen LogP contribution in [-0.4, -0.2) is 29.9 Å². The average Bonchev–Trinajstić information content (AvgIpc) is 2.27. The standard InChI is InChI=1S/C8H17O3PS/c1-4-7-8(5-6(2)10-7)11-12(3,9)13/h6-8H,4-5H2,1-3H3,(H,9,13)/t6-,7+,8?,12?/m0/s1. The Morgan fingerprint density at radius 1 is 1.69 bits per heavy atom. The molecule has 1 fully saturated rings. The Bertz CT molecular complexity index is 215. The number of ether oxygens (including phenoxy) is 1. The van der Waals surface area contributed by atoms with E-state index in [0.717, 1.165) is 12.8 Å². The highest BCUT2D eigenvalue weighted by Crippen LogP contribution is 2.42. The molecular formula is C8H17O3PS. The fourth-order valence-corrected chi connectivity index (χ4v) is 2.70. The van der Waals surface area contributed by atoms with Gasteiger partial charge in [-0.1, -0.05) is 6.92 Å². The van der Waals surface area contributed by atoms with Crippen LogP contribution in [0.5, 0.6) is 0 Å². The third-order valence-electron chi connectivity index (χ3n) is 2.12. The molecule has 0 radical (unpaired) electrons. The van der Waals surface area contributed by atoms with Crippen LogP contribution in [0, 0.1) is 0 Å². The zero-order chi connectivity index (χ0) is 10.1. The van der Waals surface area contributed by atoms with Crippen molar-refractivity contribution in [3.05, 3.63) is 0 Å². The molecule has 0 bridgehead atoms. The minimum absolute atomic E-state index is 0.0131. The molecule has 5 heteroatoms. The van der Waals surface area contributed by atoms with Gasteiger partial charge in [0.05, 0.1) is 18.3 Å². The fourth-order valence-electron chi connectivity index (χ4n) is 1.64. The first kappa shape index (κ1) is 11.6. The van der Waals surface area contributed by atoms with Gasteiger partial charge in [-0.2, -0.15) is 0 Å². The van der Waals surface area contributed by atoms with Crippen LogP contribution >= 0.6 is 6.49 Å². The van der Waals surface area contributed by atoms with Crippen LogP contribution in [0.1, 0.15) is 26.7 Å². The van der Waals surface area contributed by atoms with Crippen molar-refractivity contribution in [1.82, 2.24) is 0 Å². The molecule has 1 rings (SSSR count). The minimum atomic E-state index is -2.54. The van der Waals surface area contributed by atoms with Crippen molar-refractivity contribution >= 4 is 18.3 Å².